The summed E-state index contributed by atoms with van der Waals surface area (Å²) in [5.41, 5.74) is 0. The van der Waals surface area contributed by atoms with E-state index in [1.807, 2.05) is 13.8 Å². The molecular formula is C11H26N2. The SMILES string of the molecule is CC.CN(C)CCC1CCNCC1. The lowest BCUT2D eigenvalue weighted by Crippen LogP contribution is -2.29. The average molecular weight is 186 g/mol. The molecule has 0 radical (unpaired) electrons. The van der Waals surface area contributed by atoms with Gasteiger partial charge in [-0.15, -0.1) is 0 Å². The molecule has 1 aliphatic heterocycles. The molecule has 80 valence electrons. The number of nitrogens with zero attached hydrogens (tertiary/aromatic N) is 1. The molecule has 0 atom stereocenters. The summed E-state index contributed by atoms with van der Waals surface area (Å²) in [7, 11) is 4.31. The maximum absolute atomic E-state index is 3.39. The van der Waals surface area contributed by atoms with Crippen LogP contribution in [0.2, 0.25) is 0 Å². The van der Waals surface area contributed by atoms with Gasteiger partial charge in [0.2, 0.25) is 0 Å². The summed E-state index contributed by atoms with van der Waals surface area (Å²) in [6.45, 7) is 7.72. The third-order valence-corrected chi connectivity index (χ3v) is 2.44. The zero-order chi connectivity index (χ0) is 10.1. The summed E-state index contributed by atoms with van der Waals surface area (Å²) in [6.07, 6.45) is 4.15. The fourth-order valence-electron chi connectivity index (χ4n) is 1.61. The Bertz CT molecular complexity index is 96.3. The van der Waals surface area contributed by atoms with E-state index in [1.54, 1.807) is 0 Å². The van der Waals surface area contributed by atoms with Crippen molar-refractivity contribution in [2.45, 2.75) is 33.1 Å². The minimum absolute atomic E-state index is 0.985. The maximum Gasteiger partial charge on any atom is -0.00222 e. The van der Waals surface area contributed by atoms with Crippen molar-refractivity contribution in [3.05, 3.63) is 0 Å². The molecule has 0 amide bonds. The van der Waals surface area contributed by atoms with Gasteiger partial charge in [-0.2, -0.15) is 0 Å². The normalized spacial score (nSPS) is 18.2. The van der Waals surface area contributed by atoms with Crippen molar-refractivity contribution in [1.29, 1.82) is 0 Å². The highest BCUT2D eigenvalue weighted by molar-refractivity contribution is 4.68. The van der Waals surface area contributed by atoms with E-state index < -0.39 is 0 Å². The van der Waals surface area contributed by atoms with Crippen LogP contribution in [-0.2, 0) is 0 Å². The van der Waals surface area contributed by atoms with Crippen molar-refractivity contribution in [3.63, 3.8) is 0 Å². The van der Waals surface area contributed by atoms with Gasteiger partial charge in [-0.05, 0) is 58.9 Å². The summed E-state index contributed by atoms with van der Waals surface area (Å²) < 4.78 is 0. The van der Waals surface area contributed by atoms with Gasteiger partial charge in [0.15, 0.2) is 0 Å². The van der Waals surface area contributed by atoms with Crippen LogP contribution in [0.1, 0.15) is 33.1 Å². The number of nitrogens with one attached hydrogen (secondary N) is 1. The van der Waals surface area contributed by atoms with Gasteiger partial charge in [0.1, 0.15) is 0 Å². The van der Waals surface area contributed by atoms with E-state index in [9.17, 15) is 0 Å². The summed E-state index contributed by atoms with van der Waals surface area (Å²) in [5, 5.41) is 3.39. The molecule has 1 saturated heterocycles. The lowest BCUT2D eigenvalue weighted by Gasteiger charge is -2.23. The minimum Gasteiger partial charge on any atom is -0.317 e. The van der Waals surface area contributed by atoms with Gasteiger partial charge >= 0.3 is 0 Å². The molecule has 0 aliphatic carbocycles. The number of hydrogen-bond acceptors (Lipinski definition) is 2. The van der Waals surface area contributed by atoms with Gasteiger partial charge in [0.05, 0.1) is 0 Å². The third-order valence-electron chi connectivity index (χ3n) is 2.44. The van der Waals surface area contributed by atoms with Crippen LogP contribution in [0.4, 0.5) is 0 Å². The van der Waals surface area contributed by atoms with Gasteiger partial charge in [-0.3, -0.25) is 0 Å². The molecule has 0 aromatic heterocycles. The smallest absolute Gasteiger partial charge is 0.00222 e. The van der Waals surface area contributed by atoms with Crippen LogP contribution >= 0.6 is 0 Å². The average Bonchev–Trinajstić information content (AvgIpc) is 2.19. The van der Waals surface area contributed by atoms with Crippen LogP contribution in [-0.4, -0.2) is 38.6 Å². The second kappa shape index (κ2) is 8.52. The van der Waals surface area contributed by atoms with Gasteiger partial charge in [-0.1, -0.05) is 13.8 Å². The Morgan fingerprint density at radius 3 is 2.15 bits per heavy atom. The molecule has 1 fully saturated rings. The van der Waals surface area contributed by atoms with Gasteiger partial charge in [0, 0.05) is 0 Å². The summed E-state index contributed by atoms with van der Waals surface area (Å²) in [6, 6.07) is 0. The molecule has 13 heavy (non-hydrogen) atoms. The second-order valence-electron chi connectivity index (χ2n) is 3.79. The molecule has 0 aromatic carbocycles. The standard InChI is InChI=1S/C9H20N2.C2H6/c1-11(2)8-5-9-3-6-10-7-4-9;1-2/h9-10H,3-8H2,1-2H3;1-2H3. The van der Waals surface area contributed by atoms with Gasteiger partial charge in [0.25, 0.3) is 0 Å². The molecule has 0 unspecified atom stereocenters. The molecule has 2 nitrogen and oxygen atoms in total. The van der Waals surface area contributed by atoms with Crippen molar-refractivity contribution in [2.75, 3.05) is 33.7 Å². The van der Waals surface area contributed by atoms with E-state index in [0.717, 1.165) is 5.92 Å². The first-order valence-electron chi connectivity index (χ1n) is 5.64. The Kier molecular flexibility index (Phi) is 8.46. The third kappa shape index (κ3) is 7.03. The number of rotatable bonds is 3. The number of piperidine rings is 1. The second-order valence-corrected chi connectivity index (χ2v) is 3.79. The van der Waals surface area contributed by atoms with Crippen molar-refractivity contribution in [1.82, 2.24) is 10.2 Å². The van der Waals surface area contributed by atoms with Crippen LogP contribution < -0.4 is 5.32 Å². The highest BCUT2D eigenvalue weighted by Crippen LogP contribution is 2.15. The predicted molar refractivity (Wildman–Crippen MR) is 60.1 cm³/mol. The molecule has 0 aromatic rings. The Labute approximate surface area is 83.7 Å². The van der Waals surface area contributed by atoms with Crippen LogP contribution in [0.5, 0.6) is 0 Å². The molecule has 1 rings (SSSR count). The van der Waals surface area contributed by atoms with Crippen LogP contribution in [0, 0.1) is 5.92 Å². The van der Waals surface area contributed by atoms with Crippen molar-refractivity contribution in [3.8, 4) is 0 Å². The fourth-order valence-corrected chi connectivity index (χ4v) is 1.61. The molecule has 0 spiro atoms. The summed E-state index contributed by atoms with van der Waals surface area (Å²) >= 11 is 0. The molecule has 1 aliphatic rings. The van der Waals surface area contributed by atoms with Gasteiger partial charge < -0.3 is 10.2 Å². The largest absolute Gasteiger partial charge is 0.317 e. The Morgan fingerprint density at radius 2 is 1.69 bits per heavy atom. The zero-order valence-electron chi connectivity index (χ0n) is 9.77. The highest BCUT2D eigenvalue weighted by atomic mass is 15.0. The monoisotopic (exact) mass is 186 g/mol. The molecular weight excluding hydrogens is 160 g/mol. The molecule has 1 heterocycles. The van der Waals surface area contributed by atoms with E-state index in [4.69, 9.17) is 0 Å². The quantitative estimate of drug-likeness (QED) is 0.725. The number of hydrogen-bond donors (Lipinski definition) is 1. The van der Waals surface area contributed by atoms with Crippen molar-refractivity contribution in [2.24, 2.45) is 5.92 Å². The summed E-state index contributed by atoms with van der Waals surface area (Å²) in [4.78, 5) is 2.28. The Hall–Kier alpha value is -0.0800. The topological polar surface area (TPSA) is 15.3 Å². The summed E-state index contributed by atoms with van der Waals surface area (Å²) in [5.74, 6) is 0.985. The Balaban J connectivity index is 0.000000671. The minimum atomic E-state index is 0.985. The van der Waals surface area contributed by atoms with E-state index in [0.29, 0.717) is 0 Å². The predicted octanol–water partition coefficient (Wildman–Crippen LogP) is 1.96. The first kappa shape index (κ1) is 12.9. The van der Waals surface area contributed by atoms with E-state index in [-0.39, 0.29) is 0 Å². The lowest BCUT2D eigenvalue weighted by molar-refractivity contribution is 0.300. The molecule has 2 heteroatoms. The fraction of sp³-hybridized carbons (Fsp3) is 1.00. The van der Waals surface area contributed by atoms with E-state index >= 15 is 0 Å². The maximum atomic E-state index is 3.39. The first-order valence-corrected chi connectivity index (χ1v) is 5.64. The lowest BCUT2D eigenvalue weighted by atomic mass is 9.95. The zero-order valence-corrected chi connectivity index (χ0v) is 9.77. The van der Waals surface area contributed by atoms with Crippen LogP contribution in [0.15, 0.2) is 0 Å². The molecule has 0 saturated carbocycles. The molecule has 0 bridgehead atoms. The van der Waals surface area contributed by atoms with Crippen LogP contribution in [0.25, 0.3) is 0 Å². The first-order chi connectivity index (χ1) is 6.29. The van der Waals surface area contributed by atoms with E-state index in [1.165, 1.54) is 38.9 Å². The van der Waals surface area contributed by atoms with Crippen LogP contribution in [0.3, 0.4) is 0 Å². The van der Waals surface area contributed by atoms with Gasteiger partial charge in [-0.25, -0.2) is 0 Å². The van der Waals surface area contributed by atoms with Crippen molar-refractivity contribution < 1.29 is 0 Å². The Morgan fingerprint density at radius 1 is 1.15 bits per heavy atom. The van der Waals surface area contributed by atoms with E-state index in [2.05, 4.69) is 24.3 Å². The highest BCUT2D eigenvalue weighted by Gasteiger charge is 2.12. The molecule has 1 N–H and O–H groups in total. The van der Waals surface area contributed by atoms with Crippen molar-refractivity contribution >= 4 is 0 Å².